The van der Waals surface area contributed by atoms with Gasteiger partial charge >= 0.3 is 0 Å². The first-order valence-corrected chi connectivity index (χ1v) is 8.91. The molecule has 2 aromatic carbocycles. The Balaban J connectivity index is 1.96. The Morgan fingerprint density at radius 1 is 1.00 bits per heavy atom. The predicted octanol–water partition coefficient (Wildman–Crippen LogP) is 2.80. The van der Waals surface area contributed by atoms with Crippen LogP contribution in [0.3, 0.4) is 0 Å². The van der Waals surface area contributed by atoms with E-state index in [0.29, 0.717) is 13.0 Å². The molecule has 0 bridgehead atoms. The van der Waals surface area contributed by atoms with Crippen LogP contribution in [0.4, 0.5) is 10.1 Å². The van der Waals surface area contributed by atoms with Crippen molar-refractivity contribution in [3.05, 3.63) is 60.4 Å². The SMILES string of the molecule is O=C1[C@@H](S(=O)(=O)c2ccccc2)CCCN1c1ccccc1F. The molecule has 0 aliphatic carbocycles. The van der Waals surface area contributed by atoms with Crippen LogP contribution in [0.25, 0.3) is 0 Å². The van der Waals surface area contributed by atoms with Gasteiger partial charge in [-0.25, -0.2) is 12.8 Å². The summed E-state index contributed by atoms with van der Waals surface area (Å²) in [4.78, 5) is 14.0. The molecule has 0 saturated carbocycles. The lowest BCUT2D eigenvalue weighted by Gasteiger charge is -2.32. The average Bonchev–Trinajstić information content (AvgIpc) is 2.56. The molecule has 0 aromatic heterocycles. The van der Waals surface area contributed by atoms with Crippen LogP contribution in [0, 0.1) is 5.82 Å². The second-order valence-corrected chi connectivity index (χ2v) is 7.56. The monoisotopic (exact) mass is 333 g/mol. The largest absolute Gasteiger partial charge is 0.309 e. The third kappa shape index (κ3) is 2.86. The van der Waals surface area contributed by atoms with Crippen molar-refractivity contribution in [1.29, 1.82) is 0 Å². The maximum Gasteiger partial charge on any atom is 0.245 e. The van der Waals surface area contributed by atoms with E-state index in [0.717, 1.165) is 0 Å². The second kappa shape index (κ2) is 6.12. The second-order valence-electron chi connectivity index (χ2n) is 5.43. The minimum absolute atomic E-state index is 0.119. The van der Waals surface area contributed by atoms with Gasteiger partial charge in [-0.1, -0.05) is 30.3 Å². The minimum Gasteiger partial charge on any atom is -0.309 e. The van der Waals surface area contributed by atoms with Gasteiger partial charge in [-0.05, 0) is 37.1 Å². The highest BCUT2D eigenvalue weighted by molar-refractivity contribution is 7.92. The van der Waals surface area contributed by atoms with E-state index in [4.69, 9.17) is 0 Å². The summed E-state index contributed by atoms with van der Waals surface area (Å²) in [6, 6.07) is 13.8. The molecule has 1 aliphatic heterocycles. The number of nitrogens with zero attached hydrogens (tertiary/aromatic N) is 1. The van der Waals surface area contributed by atoms with Gasteiger partial charge in [0.05, 0.1) is 10.6 Å². The predicted molar refractivity (Wildman–Crippen MR) is 85.4 cm³/mol. The highest BCUT2D eigenvalue weighted by Gasteiger charge is 2.40. The molecule has 1 heterocycles. The number of carbonyl (C=O) groups is 1. The summed E-state index contributed by atoms with van der Waals surface area (Å²) in [5.74, 6) is -1.09. The van der Waals surface area contributed by atoms with Crippen LogP contribution in [-0.4, -0.2) is 26.1 Å². The molecule has 3 rings (SSSR count). The Labute approximate surface area is 134 Å². The number of amides is 1. The number of hydrogen-bond acceptors (Lipinski definition) is 3. The van der Waals surface area contributed by atoms with Crippen molar-refractivity contribution in [2.24, 2.45) is 0 Å². The summed E-state index contributed by atoms with van der Waals surface area (Å²) in [6.45, 7) is 0.320. The van der Waals surface area contributed by atoms with E-state index in [1.54, 1.807) is 24.3 Å². The third-order valence-electron chi connectivity index (χ3n) is 3.98. The fraction of sp³-hybridized carbons (Fsp3) is 0.235. The van der Waals surface area contributed by atoms with Gasteiger partial charge in [0.15, 0.2) is 9.84 Å². The van der Waals surface area contributed by atoms with Gasteiger partial charge in [-0.2, -0.15) is 0 Å². The van der Waals surface area contributed by atoms with Gasteiger partial charge in [-0.15, -0.1) is 0 Å². The smallest absolute Gasteiger partial charge is 0.245 e. The van der Waals surface area contributed by atoms with Crippen molar-refractivity contribution in [3.63, 3.8) is 0 Å². The number of hydrogen-bond donors (Lipinski definition) is 0. The standard InChI is InChI=1S/C17H16FNO3S/c18-14-9-4-5-10-15(14)19-12-6-11-16(17(19)20)23(21,22)13-7-2-1-3-8-13/h1-5,7-10,16H,6,11-12H2/t16-/m0/s1. The average molecular weight is 333 g/mol. The van der Waals surface area contributed by atoms with E-state index in [9.17, 15) is 17.6 Å². The van der Waals surface area contributed by atoms with Gasteiger partial charge in [0.1, 0.15) is 11.1 Å². The lowest BCUT2D eigenvalue weighted by atomic mass is 10.1. The molecule has 4 nitrogen and oxygen atoms in total. The van der Waals surface area contributed by atoms with Crippen LogP contribution in [0.15, 0.2) is 59.5 Å². The molecular weight excluding hydrogens is 317 g/mol. The van der Waals surface area contributed by atoms with E-state index in [-0.39, 0.29) is 17.0 Å². The van der Waals surface area contributed by atoms with E-state index >= 15 is 0 Å². The van der Waals surface area contributed by atoms with E-state index in [1.165, 1.54) is 35.2 Å². The quantitative estimate of drug-likeness (QED) is 0.868. The van der Waals surface area contributed by atoms with Gasteiger partial charge in [-0.3, -0.25) is 4.79 Å². The number of sulfone groups is 1. The molecule has 1 fully saturated rings. The third-order valence-corrected chi connectivity index (χ3v) is 6.09. The van der Waals surface area contributed by atoms with Gasteiger partial charge in [0, 0.05) is 6.54 Å². The molecule has 1 amide bonds. The number of para-hydroxylation sites is 1. The van der Waals surface area contributed by atoms with Crippen molar-refractivity contribution < 1.29 is 17.6 Å². The fourth-order valence-corrected chi connectivity index (χ4v) is 4.55. The summed E-state index contributed by atoms with van der Waals surface area (Å²) < 4.78 is 39.4. The van der Waals surface area contributed by atoms with Crippen molar-refractivity contribution in [2.75, 3.05) is 11.4 Å². The molecule has 1 saturated heterocycles. The van der Waals surface area contributed by atoms with Crippen LogP contribution in [-0.2, 0) is 14.6 Å². The summed E-state index contributed by atoms with van der Waals surface area (Å²) in [5.41, 5.74) is 0.130. The molecule has 0 spiro atoms. The lowest BCUT2D eigenvalue weighted by molar-refractivity contribution is -0.119. The van der Waals surface area contributed by atoms with Crippen molar-refractivity contribution in [3.8, 4) is 0 Å². The molecule has 120 valence electrons. The van der Waals surface area contributed by atoms with Gasteiger partial charge in [0.2, 0.25) is 5.91 Å². The van der Waals surface area contributed by atoms with E-state index in [2.05, 4.69) is 0 Å². The van der Waals surface area contributed by atoms with Crippen molar-refractivity contribution in [2.45, 2.75) is 23.0 Å². The number of piperidine rings is 1. The molecule has 6 heteroatoms. The Bertz CT molecular complexity index is 821. The Morgan fingerprint density at radius 3 is 2.35 bits per heavy atom. The molecule has 0 N–H and O–H groups in total. The number of rotatable bonds is 3. The number of halogens is 1. The minimum atomic E-state index is -3.78. The molecule has 0 unspecified atom stereocenters. The van der Waals surface area contributed by atoms with E-state index in [1.807, 2.05) is 0 Å². The first-order chi connectivity index (χ1) is 11.0. The van der Waals surface area contributed by atoms with Gasteiger partial charge < -0.3 is 4.90 Å². The topological polar surface area (TPSA) is 54.5 Å². The molecule has 2 aromatic rings. The van der Waals surface area contributed by atoms with Crippen LogP contribution < -0.4 is 4.90 Å². The molecule has 1 atom stereocenters. The molecule has 0 radical (unpaired) electrons. The summed E-state index contributed by atoms with van der Waals surface area (Å²) >= 11 is 0. The highest BCUT2D eigenvalue weighted by atomic mass is 32.2. The fourth-order valence-electron chi connectivity index (χ4n) is 2.81. The normalized spacial score (nSPS) is 18.9. The summed E-state index contributed by atoms with van der Waals surface area (Å²) in [7, 11) is -3.78. The first-order valence-electron chi connectivity index (χ1n) is 7.36. The molecule has 23 heavy (non-hydrogen) atoms. The van der Waals surface area contributed by atoms with E-state index < -0.39 is 26.8 Å². The van der Waals surface area contributed by atoms with Crippen LogP contribution in [0.2, 0.25) is 0 Å². The highest BCUT2D eigenvalue weighted by Crippen LogP contribution is 2.29. The van der Waals surface area contributed by atoms with Crippen LogP contribution >= 0.6 is 0 Å². The maximum atomic E-state index is 14.0. The van der Waals surface area contributed by atoms with Crippen molar-refractivity contribution >= 4 is 21.4 Å². The summed E-state index contributed by atoms with van der Waals surface area (Å²) in [5, 5.41) is -1.17. The molecule has 1 aliphatic rings. The maximum absolute atomic E-state index is 14.0. The van der Waals surface area contributed by atoms with Crippen molar-refractivity contribution in [1.82, 2.24) is 0 Å². The molecular formula is C17H16FNO3S. The zero-order chi connectivity index (χ0) is 16.4. The number of carbonyl (C=O) groups excluding carboxylic acids is 1. The van der Waals surface area contributed by atoms with Crippen LogP contribution in [0.1, 0.15) is 12.8 Å². The lowest BCUT2D eigenvalue weighted by Crippen LogP contribution is -2.48. The van der Waals surface area contributed by atoms with Gasteiger partial charge in [0.25, 0.3) is 0 Å². The zero-order valence-electron chi connectivity index (χ0n) is 12.4. The van der Waals surface area contributed by atoms with Crippen LogP contribution in [0.5, 0.6) is 0 Å². The first kappa shape index (κ1) is 15.7. The number of benzene rings is 2. The summed E-state index contributed by atoms with van der Waals surface area (Å²) in [6.07, 6.45) is 0.762. The Hall–Kier alpha value is -2.21. The number of anilines is 1. The Kier molecular flexibility index (Phi) is 4.17. The zero-order valence-corrected chi connectivity index (χ0v) is 13.2. The Morgan fingerprint density at radius 2 is 1.65 bits per heavy atom.